The van der Waals surface area contributed by atoms with Crippen molar-refractivity contribution < 1.29 is 9.21 Å². The van der Waals surface area contributed by atoms with Crippen LogP contribution in [0.1, 0.15) is 55.3 Å². The predicted octanol–water partition coefficient (Wildman–Crippen LogP) is 2.19. The Morgan fingerprint density at radius 3 is 2.71 bits per heavy atom. The number of hydrogen-bond acceptors (Lipinski definition) is 3. The fraction of sp³-hybridized carbons (Fsp3) is 0.615. The molecule has 1 aromatic heterocycles. The first-order chi connectivity index (χ1) is 8.13. The second-order valence-electron chi connectivity index (χ2n) is 5.05. The molecular formula is C13H20N2O2. The Morgan fingerprint density at radius 2 is 2.12 bits per heavy atom. The van der Waals surface area contributed by atoms with Crippen LogP contribution in [0.5, 0.6) is 0 Å². The Morgan fingerprint density at radius 1 is 1.41 bits per heavy atom. The van der Waals surface area contributed by atoms with Gasteiger partial charge in [0.1, 0.15) is 5.76 Å². The van der Waals surface area contributed by atoms with E-state index in [1.165, 1.54) is 19.3 Å². The van der Waals surface area contributed by atoms with E-state index in [1.807, 2.05) is 0 Å². The Balaban J connectivity index is 2.00. The highest BCUT2D eigenvalue weighted by Crippen LogP contribution is 2.27. The van der Waals surface area contributed by atoms with Crippen LogP contribution in [0.15, 0.2) is 16.5 Å². The number of nitrogens with two attached hydrogens (primary N) is 1. The van der Waals surface area contributed by atoms with Crippen LogP contribution in [0.3, 0.4) is 0 Å². The van der Waals surface area contributed by atoms with Gasteiger partial charge in [-0.1, -0.05) is 19.3 Å². The molecule has 17 heavy (non-hydrogen) atoms. The Labute approximate surface area is 102 Å². The number of furan rings is 1. The molecule has 1 aliphatic carbocycles. The molecule has 0 bridgehead atoms. The molecule has 2 rings (SSSR count). The van der Waals surface area contributed by atoms with Crippen LogP contribution in [-0.4, -0.2) is 11.4 Å². The molecule has 4 heteroatoms. The van der Waals surface area contributed by atoms with Crippen LogP contribution in [-0.2, 0) is 6.54 Å². The average molecular weight is 236 g/mol. The van der Waals surface area contributed by atoms with Crippen molar-refractivity contribution >= 4 is 5.91 Å². The minimum atomic E-state index is -0.130. The molecule has 0 radical (unpaired) electrons. The third kappa shape index (κ3) is 2.88. The molecule has 94 valence electrons. The molecule has 1 heterocycles. The maximum atomic E-state index is 12.0. The van der Waals surface area contributed by atoms with Gasteiger partial charge in [-0.05, 0) is 31.9 Å². The summed E-state index contributed by atoms with van der Waals surface area (Å²) >= 11 is 0. The molecule has 3 N–H and O–H groups in total. The van der Waals surface area contributed by atoms with E-state index in [9.17, 15) is 4.79 Å². The predicted molar refractivity (Wildman–Crippen MR) is 65.6 cm³/mol. The highest BCUT2D eigenvalue weighted by molar-refractivity contribution is 5.92. The number of rotatable bonds is 3. The van der Waals surface area contributed by atoms with Crippen molar-refractivity contribution in [1.82, 2.24) is 5.32 Å². The summed E-state index contributed by atoms with van der Waals surface area (Å²) in [6, 6.07) is 3.43. The summed E-state index contributed by atoms with van der Waals surface area (Å²) in [5.41, 5.74) is 5.37. The first-order valence-electron chi connectivity index (χ1n) is 6.24. The molecule has 1 fully saturated rings. The second-order valence-corrected chi connectivity index (χ2v) is 5.05. The molecule has 0 spiro atoms. The zero-order valence-electron chi connectivity index (χ0n) is 10.3. The fourth-order valence-corrected chi connectivity index (χ4v) is 2.40. The number of amides is 1. The third-order valence-electron chi connectivity index (χ3n) is 3.46. The van der Waals surface area contributed by atoms with E-state index in [0.717, 1.165) is 12.8 Å². The first-order valence-corrected chi connectivity index (χ1v) is 6.24. The van der Waals surface area contributed by atoms with Crippen molar-refractivity contribution in [3.63, 3.8) is 0 Å². The highest BCUT2D eigenvalue weighted by atomic mass is 16.4. The van der Waals surface area contributed by atoms with Crippen LogP contribution < -0.4 is 11.1 Å². The van der Waals surface area contributed by atoms with Crippen LogP contribution in [0.25, 0.3) is 0 Å². The standard InChI is InChI=1S/C13H20N2O2/c1-13(7-3-2-4-8-13)15-12(16)11-6-5-10(9-14)17-11/h5-6H,2-4,7-9,14H2,1H3,(H,15,16). The minimum Gasteiger partial charge on any atom is -0.455 e. The maximum Gasteiger partial charge on any atom is 0.287 e. The summed E-state index contributed by atoms with van der Waals surface area (Å²) in [5, 5.41) is 3.08. The monoisotopic (exact) mass is 236 g/mol. The lowest BCUT2D eigenvalue weighted by Crippen LogP contribution is -2.47. The smallest absolute Gasteiger partial charge is 0.287 e. The molecule has 1 saturated carbocycles. The number of nitrogens with one attached hydrogen (secondary N) is 1. The van der Waals surface area contributed by atoms with Gasteiger partial charge in [-0.3, -0.25) is 4.79 Å². The summed E-state index contributed by atoms with van der Waals surface area (Å²) in [6.45, 7) is 2.43. The van der Waals surface area contributed by atoms with Crippen LogP contribution in [0, 0.1) is 0 Å². The van der Waals surface area contributed by atoms with Crippen molar-refractivity contribution in [2.45, 2.75) is 51.1 Å². The Kier molecular flexibility index (Phi) is 3.52. The van der Waals surface area contributed by atoms with Gasteiger partial charge in [-0.2, -0.15) is 0 Å². The summed E-state index contributed by atoms with van der Waals surface area (Å²) in [7, 11) is 0. The molecular weight excluding hydrogens is 216 g/mol. The second kappa shape index (κ2) is 4.92. The van der Waals surface area contributed by atoms with Gasteiger partial charge in [0, 0.05) is 5.54 Å². The van der Waals surface area contributed by atoms with Crippen LogP contribution in [0.2, 0.25) is 0 Å². The SMILES string of the molecule is CC1(NC(=O)c2ccc(CN)o2)CCCCC1. The lowest BCUT2D eigenvalue weighted by Gasteiger charge is -2.34. The van der Waals surface area contributed by atoms with E-state index in [1.54, 1.807) is 12.1 Å². The van der Waals surface area contributed by atoms with E-state index < -0.39 is 0 Å². The van der Waals surface area contributed by atoms with Crippen molar-refractivity contribution in [2.24, 2.45) is 5.73 Å². The lowest BCUT2D eigenvalue weighted by molar-refractivity contribution is 0.0852. The van der Waals surface area contributed by atoms with Gasteiger partial charge in [0.25, 0.3) is 5.91 Å². The average Bonchev–Trinajstić information content (AvgIpc) is 2.78. The largest absolute Gasteiger partial charge is 0.455 e. The first kappa shape index (κ1) is 12.2. The van der Waals surface area contributed by atoms with Crippen LogP contribution >= 0.6 is 0 Å². The quantitative estimate of drug-likeness (QED) is 0.845. The number of hydrogen-bond donors (Lipinski definition) is 2. The van der Waals surface area contributed by atoms with E-state index in [2.05, 4.69) is 12.2 Å². The number of carbonyl (C=O) groups excluding carboxylic acids is 1. The summed E-state index contributed by atoms with van der Waals surface area (Å²) in [4.78, 5) is 12.0. The van der Waals surface area contributed by atoms with Gasteiger partial charge in [-0.25, -0.2) is 0 Å². The van der Waals surface area contributed by atoms with Gasteiger partial charge in [0.2, 0.25) is 0 Å². The highest BCUT2D eigenvalue weighted by Gasteiger charge is 2.29. The van der Waals surface area contributed by atoms with E-state index in [4.69, 9.17) is 10.2 Å². The molecule has 0 atom stereocenters. The van der Waals surface area contributed by atoms with Crippen LogP contribution in [0.4, 0.5) is 0 Å². The molecule has 0 aliphatic heterocycles. The van der Waals surface area contributed by atoms with Crippen molar-refractivity contribution in [3.8, 4) is 0 Å². The summed E-state index contributed by atoms with van der Waals surface area (Å²) in [5.74, 6) is 0.871. The zero-order chi connectivity index (χ0) is 12.3. The van der Waals surface area contributed by atoms with Gasteiger partial charge in [0.15, 0.2) is 5.76 Å². The normalized spacial score (nSPS) is 18.9. The molecule has 1 aliphatic rings. The Hall–Kier alpha value is -1.29. The van der Waals surface area contributed by atoms with E-state index in [0.29, 0.717) is 18.1 Å². The molecule has 0 aromatic carbocycles. The van der Waals surface area contributed by atoms with E-state index >= 15 is 0 Å². The molecule has 1 aromatic rings. The number of carbonyl (C=O) groups is 1. The van der Waals surface area contributed by atoms with Crippen molar-refractivity contribution in [2.75, 3.05) is 0 Å². The molecule has 0 unspecified atom stereocenters. The fourth-order valence-electron chi connectivity index (χ4n) is 2.40. The van der Waals surface area contributed by atoms with Crippen molar-refractivity contribution in [3.05, 3.63) is 23.7 Å². The Bertz CT molecular complexity index is 392. The van der Waals surface area contributed by atoms with Gasteiger partial charge in [-0.15, -0.1) is 0 Å². The van der Waals surface area contributed by atoms with Crippen molar-refractivity contribution in [1.29, 1.82) is 0 Å². The third-order valence-corrected chi connectivity index (χ3v) is 3.46. The van der Waals surface area contributed by atoms with Gasteiger partial charge in [0.05, 0.1) is 6.54 Å². The lowest BCUT2D eigenvalue weighted by atomic mass is 9.83. The van der Waals surface area contributed by atoms with Gasteiger partial charge >= 0.3 is 0 Å². The zero-order valence-corrected chi connectivity index (χ0v) is 10.3. The molecule has 0 saturated heterocycles. The van der Waals surface area contributed by atoms with E-state index in [-0.39, 0.29) is 11.4 Å². The summed E-state index contributed by atoms with van der Waals surface area (Å²) < 4.78 is 5.34. The van der Waals surface area contributed by atoms with Gasteiger partial charge < -0.3 is 15.5 Å². The summed E-state index contributed by atoms with van der Waals surface area (Å²) in [6.07, 6.45) is 5.72. The maximum absolute atomic E-state index is 12.0. The topological polar surface area (TPSA) is 68.3 Å². The molecule has 1 amide bonds. The molecule has 4 nitrogen and oxygen atoms in total. The minimum absolute atomic E-state index is 0.0784.